The SMILES string of the molecule is c1cc2cncc(-c3ccnc4[nH]ncc34)n2c1. The highest BCUT2D eigenvalue weighted by atomic mass is 15.1. The van der Waals surface area contributed by atoms with Crippen molar-refractivity contribution in [1.82, 2.24) is 24.6 Å². The Morgan fingerprint density at radius 2 is 2.11 bits per heavy atom. The van der Waals surface area contributed by atoms with E-state index in [2.05, 4.69) is 24.6 Å². The summed E-state index contributed by atoms with van der Waals surface area (Å²) in [6.07, 6.45) is 9.29. The molecule has 4 aromatic heterocycles. The highest BCUT2D eigenvalue weighted by Gasteiger charge is 2.09. The molecule has 4 aromatic rings. The van der Waals surface area contributed by atoms with Gasteiger partial charge in [-0.2, -0.15) is 5.10 Å². The molecule has 4 rings (SSSR count). The maximum absolute atomic E-state index is 4.28. The van der Waals surface area contributed by atoms with E-state index in [0.29, 0.717) is 0 Å². The van der Waals surface area contributed by atoms with Gasteiger partial charge in [0.15, 0.2) is 5.65 Å². The molecule has 0 bridgehead atoms. The van der Waals surface area contributed by atoms with E-state index in [0.717, 1.165) is 27.8 Å². The number of hydrogen-bond acceptors (Lipinski definition) is 3. The van der Waals surface area contributed by atoms with Crippen molar-refractivity contribution in [3.63, 3.8) is 0 Å². The van der Waals surface area contributed by atoms with E-state index >= 15 is 0 Å². The molecule has 0 radical (unpaired) electrons. The Kier molecular flexibility index (Phi) is 1.77. The van der Waals surface area contributed by atoms with Gasteiger partial charge in [-0.3, -0.25) is 10.1 Å². The summed E-state index contributed by atoms with van der Waals surface area (Å²) in [5.74, 6) is 0. The van der Waals surface area contributed by atoms with Crippen LogP contribution in [0.5, 0.6) is 0 Å². The van der Waals surface area contributed by atoms with Crippen molar-refractivity contribution in [2.45, 2.75) is 0 Å². The number of rotatable bonds is 1. The lowest BCUT2D eigenvalue weighted by molar-refractivity contribution is 1.10. The van der Waals surface area contributed by atoms with E-state index in [1.807, 2.05) is 36.8 Å². The number of aromatic amines is 1. The second-order valence-electron chi connectivity index (χ2n) is 4.09. The zero-order valence-electron chi connectivity index (χ0n) is 9.41. The van der Waals surface area contributed by atoms with Gasteiger partial charge in [-0.25, -0.2) is 4.98 Å². The molecule has 1 N–H and O–H groups in total. The average molecular weight is 235 g/mol. The number of pyridine rings is 1. The van der Waals surface area contributed by atoms with Crippen LogP contribution in [0.2, 0.25) is 0 Å². The van der Waals surface area contributed by atoms with Crippen LogP contribution < -0.4 is 0 Å². The molecule has 0 amide bonds. The molecule has 0 aliphatic rings. The Hall–Kier alpha value is -2.69. The summed E-state index contributed by atoms with van der Waals surface area (Å²) in [7, 11) is 0. The molecule has 4 heterocycles. The summed E-state index contributed by atoms with van der Waals surface area (Å²) in [5.41, 5.74) is 3.96. The summed E-state index contributed by atoms with van der Waals surface area (Å²) in [4.78, 5) is 8.53. The molecule has 0 unspecified atom stereocenters. The highest BCUT2D eigenvalue weighted by Crippen LogP contribution is 2.26. The minimum absolute atomic E-state index is 0.789. The minimum atomic E-state index is 0.789. The topological polar surface area (TPSA) is 58.9 Å². The van der Waals surface area contributed by atoms with Crippen LogP contribution in [0.4, 0.5) is 0 Å². The molecular weight excluding hydrogens is 226 g/mol. The summed E-state index contributed by atoms with van der Waals surface area (Å²) < 4.78 is 2.11. The van der Waals surface area contributed by atoms with E-state index in [-0.39, 0.29) is 0 Å². The maximum Gasteiger partial charge on any atom is 0.155 e. The van der Waals surface area contributed by atoms with Crippen molar-refractivity contribution in [2.24, 2.45) is 0 Å². The first-order valence-corrected chi connectivity index (χ1v) is 5.63. The molecule has 5 nitrogen and oxygen atoms in total. The van der Waals surface area contributed by atoms with Gasteiger partial charge < -0.3 is 4.40 Å². The molecular formula is C13H9N5. The van der Waals surface area contributed by atoms with Crippen LogP contribution in [0.3, 0.4) is 0 Å². The van der Waals surface area contributed by atoms with Gasteiger partial charge in [0.2, 0.25) is 0 Å². The molecule has 0 aromatic carbocycles. The van der Waals surface area contributed by atoms with Gasteiger partial charge >= 0.3 is 0 Å². The van der Waals surface area contributed by atoms with Crippen LogP contribution in [0.15, 0.2) is 49.2 Å². The molecule has 0 spiro atoms. The van der Waals surface area contributed by atoms with E-state index in [1.54, 1.807) is 12.4 Å². The van der Waals surface area contributed by atoms with Gasteiger partial charge in [-0.15, -0.1) is 0 Å². The summed E-state index contributed by atoms with van der Waals surface area (Å²) in [6.45, 7) is 0. The molecule has 0 atom stereocenters. The Bertz CT molecular complexity index is 770. The van der Waals surface area contributed by atoms with Crippen molar-refractivity contribution in [1.29, 1.82) is 0 Å². The first kappa shape index (κ1) is 9.35. The average Bonchev–Trinajstić information content (AvgIpc) is 3.06. The second kappa shape index (κ2) is 3.40. The third-order valence-corrected chi connectivity index (χ3v) is 3.07. The Balaban J connectivity index is 2.13. The van der Waals surface area contributed by atoms with Crippen molar-refractivity contribution < 1.29 is 0 Å². The van der Waals surface area contributed by atoms with Crippen LogP contribution in [-0.4, -0.2) is 24.6 Å². The molecule has 0 aliphatic carbocycles. The molecule has 86 valence electrons. The number of fused-ring (bicyclic) bond motifs is 2. The molecule has 0 saturated heterocycles. The number of H-pyrrole nitrogens is 1. The second-order valence-corrected chi connectivity index (χ2v) is 4.09. The minimum Gasteiger partial charge on any atom is -0.314 e. The third kappa shape index (κ3) is 1.18. The van der Waals surface area contributed by atoms with Crippen molar-refractivity contribution >= 4 is 16.6 Å². The number of nitrogens with zero attached hydrogens (tertiary/aromatic N) is 4. The van der Waals surface area contributed by atoms with E-state index in [4.69, 9.17) is 0 Å². The normalized spacial score (nSPS) is 11.3. The summed E-state index contributed by atoms with van der Waals surface area (Å²) >= 11 is 0. The fourth-order valence-electron chi connectivity index (χ4n) is 2.24. The van der Waals surface area contributed by atoms with Crippen LogP contribution in [0.1, 0.15) is 0 Å². The summed E-state index contributed by atoms with van der Waals surface area (Å²) in [6, 6.07) is 6.02. The quantitative estimate of drug-likeness (QED) is 0.550. The zero-order chi connectivity index (χ0) is 11.9. The van der Waals surface area contributed by atoms with Crippen molar-refractivity contribution in [3.05, 3.63) is 49.2 Å². The number of nitrogens with one attached hydrogen (secondary N) is 1. The van der Waals surface area contributed by atoms with Gasteiger partial charge in [0.1, 0.15) is 0 Å². The van der Waals surface area contributed by atoms with Crippen molar-refractivity contribution in [3.8, 4) is 11.3 Å². The van der Waals surface area contributed by atoms with Gasteiger partial charge in [0, 0.05) is 23.3 Å². The first-order chi connectivity index (χ1) is 8.93. The Morgan fingerprint density at radius 3 is 3.11 bits per heavy atom. The van der Waals surface area contributed by atoms with E-state index in [9.17, 15) is 0 Å². The van der Waals surface area contributed by atoms with Gasteiger partial charge in [-0.1, -0.05) is 0 Å². The lowest BCUT2D eigenvalue weighted by Crippen LogP contribution is -1.92. The van der Waals surface area contributed by atoms with Crippen LogP contribution >= 0.6 is 0 Å². The van der Waals surface area contributed by atoms with Crippen LogP contribution in [-0.2, 0) is 0 Å². The molecule has 0 aliphatic heterocycles. The molecule has 0 fully saturated rings. The van der Waals surface area contributed by atoms with Gasteiger partial charge in [0.25, 0.3) is 0 Å². The summed E-state index contributed by atoms with van der Waals surface area (Å²) in [5, 5.41) is 7.92. The molecule has 5 heteroatoms. The maximum atomic E-state index is 4.28. The fourth-order valence-corrected chi connectivity index (χ4v) is 2.24. The number of aromatic nitrogens is 5. The lowest BCUT2D eigenvalue weighted by Gasteiger charge is -2.06. The molecule has 18 heavy (non-hydrogen) atoms. The molecule has 0 saturated carbocycles. The zero-order valence-corrected chi connectivity index (χ0v) is 9.41. The van der Waals surface area contributed by atoms with E-state index < -0.39 is 0 Å². The third-order valence-electron chi connectivity index (χ3n) is 3.07. The highest BCUT2D eigenvalue weighted by molar-refractivity contribution is 5.91. The standard InChI is InChI=1S/C13H9N5/c1-2-9-6-14-8-12(18(9)5-1)10-3-4-15-13-11(10)7-16-17-13/h1-8H,(H,15,16,17). The predicted octanol–water partition coefficient (Wildman–Crippen LogP) is 2.27. The smallest absolute Gasteiger partial charge is 0.155 e. The monoisotopic (exact) mass is 235 g/mol. The van der Waals surface area contributed by atoms with Gasteiger partial charge in [-0.05, 0) is 18.2 Å². The lowest BCUT2D eigenvalue weighted by atomic mass is 10.1. The van der Waals surface area contributed by atoms with Crippen LogP contribution in [0.25, 0.3) is 27.8 Å². The van der Waals surface area contributed by atoms with Gasteiger partial charge in [0.05, 0.1) is 29.8 Å². The first-order valence-electron chi connectivity index (χ1n) is 5.63. The van der Waals surface area contributed by atoms with E-state index in [1.165, 1.54) is 0 Å². The predicted molar refractivity (Wildman–Crippen MR) is 68.1 cm³/mol. The Morgan fingerprint density at radius 1 is 1.11 bits per heavy atom. The number of hydrogen-bond donors (Lipinski definition) is 1. The van der Waals surface area contributed by atoms with Crippen molar-refractivity contribution in [2.75, 3.05) is 0 Å². The van der Waals surface area contributed by atoms with Crippen LogP contribution in [0, 0.1) is 0 Å². The largest absolute Gasteiger partial charge is 0.314 e. The fraction of sp³-hybridized carbons (Fsp3) is 0. The Labute approximate surface area is 102 Å².